The summed E-state index contributed by atoms with van der Waals surface area (Å²) in [4.78, 5) is 20.8. The lowest BCUT2D eigenvalue weighted by atomic mass is 9.98. The van der Waals surface area contributed by atoms with Crippen molar-refractivity contribution in [2.45, 2.75) is 25.9 Å². The zero-order valence-corrected chi connectivity index (χ0v) is 5.87. The highest BCUT2D eigenvalue weighted by molar-refractivity contribution is 5.74. The molecule has 0 aromatic rings. The number of aldehydes is 1. The smallest absolute Gasteiger partial charge is 0.306 e. The summed E-state index contributed by atoms with van der Waals surface area (Å²) in [6.45, 7) is 1.94. The minimum atomic E-state index is -0.490. The van der Waals surface area contributed by atoms with Crippen LogP contribution < -0.4 is 0 Å². The van der Waals surface area contributed by atoms with Crippen molar-refractivity contribution in [1.82, 2.24) is 0 Å². The van der Waals surface area contributed by atoms with Crippen LogP contribution in [0.1, 0.15) is 19.8 Å². The van der Waals surface area contributed by atoms with Gasteiger partial charge in [0, 0.05) is 6.42 Å². The van der Waals surface area contributed by atoms with Crippen molar-refractivity contribution in [2.24, 2.45) is 5.92 Å². The van der Waals surface area contributed by atoms with Gasteiger partial charge in [-0.05, 0) is 12.3 Å². The van der Waals surface area contributed by atoms with Crippen LogP contribution in [0.5, 0.6) is 0 Å². The van der Waals surface area contributed by atoms with Gasteiger partial charge in [-0.15, -0.1) is 0 Å². The fourth-order valence-electron chi connectivity index (χ4n) is 1.11. The third-order valence-electron chi connectivity index (χ3n) is 1.58. The van der Waals surface area contributed by atoms with Gasteiger partial charge in [0.15, 0.2) is 12.4 Å². The Morgan fingerprint density at radius 2 is 2.40 bits per heavy atom. The van der Waals surface area contributed by atoms with Crippen molar-refractivity contribution in [1.29, 1.82) is 0 Å². The molecule has 3 nitrogen and oxygen atoms in total. The molecule has 0 spiro atoms. The van der Waals surface area contributed by atoms with Gasteiger partial charge in [0.2, 0.25) is 0 Å². The molecule has 1 aliphatic rings. The molecule has 0 radical (unpaired) electrons. The van der Waals surface area contributed by atoms with Crippen LogP contribution in [-0.4, -0.2) is 18.4 Å². The molecule has 56 valence electrons. The molecule has 0 aromatic carbocycles. The van der Waals surface area contributed by atoms with Crippen LogP contribution in [0, 0.1) is 5.92 Å². The van der Waals surface area contributed by atoms with Crippen molar-refractivity contribution in [3.05, 3.63) is 0 Å². The number of carbonyl (C=O) groups is 2. The molecule has 0 amide bonds. The van der Waals surface area contributed by atoms with E-state index in [4.69, 9.17) is 4.74 Å². The molecule has 0 bridgehead atoms. The third kappa shape index (κ3) is 1.56. The van der Waals surface area contributed by atoms with E-state index in [-0.39, 0.29) is 11.9 Å². The first-order valence-electron chi connectivity index (χ1n) is 3.37. The zero-order chi connectivity index (χ0) is 7.56. The van der Waals surface area contributed by atoms with Crippen LogP contribution in [0.2, 0.25) is 0 Å². The predicted octanol–water partition coefficient (Wildman–Crippen LogP) is 0.527. The Bertz CT molecular complexity index is 153. The second kappa shape index (κ2) is 2.82. The highest BCUT2D eigenvalue weighted by Crippen LogP contribution is 2.18. The van der Waals surface area contributed by atoms with E-state index >= 15 is 0 Å². The molecule has 1 rings (SSSR count). The standard InChI is InChI=1S/C7H10O3/c1-5-2-6(4-8)10-7(9)3-5/h4-6H,2-3H2,1H3. The van der Waals surface area contributed by atoms with Gasteiger partial charge in [-0.3, -0.25) is 9.59 Å². The molecule has 2 unspecified atom stereocenters. The Morgan fingerprint density at radius 3 is 2.90 bits per heavy atom. The molecule has 10 heavy (non-hydrogen) atoms. The van der Waals surface area contributed by atoms with Gasteiger partial charge < -0.3 is 4.74 Å². The van der Waals surface area contributed by atoms with Crippen LogP contribution in [0.25, 0.3) is 0 Å². The zero-order valence-electron chi connectivity index (χ0n) is 5.87. The minimum Gasteiger partial charge on any atom is -0.455 e. The van der Waals surface area contributed by atoms with Gasteiger partial charge in [-0.2, -0.15) is 0 Å². The number of carbonyl (C=O) groups excluding carboxylic acids is 2. The molecule has 2 atom stereocenters. The van der Waals surface area contributed by atoms with E-state index in [1.54, 1.807) is 0 Å². The quantitative estimate of drug-likeness (QED) is 0.396. The molecule has 1 fully saturated rings. The van der Waals surface area contributed by atoms with Crippen LogP contribution in [0.4, 0.5) is 0 Å². The van der Waals surface area contributed by atoms with E-state index in [0.29, 0.717) is 19.1 Å². The van der Waals surface area contributed by atoms with Gasteiger partial charge in [0.25, 0.3) is 0 Å². The Hall–Kier alpha value is -0.860. The van der Waals surface area contributed by atoms with E-state index in [9.17, 15) is 9.59 Å². The molecule has 1 heterocycles. The number of esters is 1. The number of ether oxygens (including phenoxy) is 1. The van der Waals surface area contributed by atoms with Gasteiger partial charge in [0.05, 0.1) is 0 Å². The second-order valence-electron chi connectivity index (χ2n) is 2.71. The van der Waals surface area contributed by atoms with Crippen LogP contribution in [0.15, 0.2) is 0 Å². The van der Waals surface area contributed by atoms with Gasteiger partial charge in [-0.1, -0.05) is 6.92 Å². The van der Waals surface area contributed by atoms with Crippen molar-refractivity contribution in [3.63, 3.8) is 0 Å². The van der Waals surface area contributed by atoms with Gasteiger partial charge >= 0.3 is 5.97 Å². The number of hydrogen-bond donors (Lipinski definition) is 0. The summed E-state index contributed by atoms with van der Waals surface area (Å²) >= 11 is 0. The fourth-order valence-corrected chi connectivity index (χ4v) is 1.11. The summed E-state index contributed by atoms with van der Waals surface area (Å²) in [5.74, 6) is 0.0345. The summed E-state index contributed by atoms with van der Waals surface area (Å²) in [5, 5.41) is 0. The average Bonchev–Trinajstić information content (AvgIpc) is 1.85. The molecule has 1 saturated heterocycles. The Labute approximate surface area is 59.4 Å². The molecule has 0 saturated carbocycles. The van der Waals surface area contributed by atoms with E-state index in [1.807, 2.05) is 6.92 Å². The van der Waals surface area contributed by atoms with Crippen molar-refractivity contribution >= 4 is 12.3 Å². The summed E-state index contributed by atoms with van der Waals surface area (Å²) in [5.41, 5.74) is 0. The van der Waals surface area contributed by atoms with Gasteiger partial charge in [-0.25, -0.2) is 0 Å². The second-order valence-corrected chi connectivity index (χ2v) is 2.71. The van der Waals surface area contributed by atoms with Crippen LogP contribution in [-0.2, 0) is 14.3 Å². The lowest BCUT2D eigenvalue weighted by Gasteiger charge is -2.22. The van der Waals surface area contributed by atoms with E-state index in [2.05, 4.69) is 0 Å². The maximum absolute atomic E-state index is 10.7. The average molecular weight is 142 g/mol. The summed E-state index contributed by atoms with van der Waals surface area (Å²) in [7, 11) is 0. The van der Waals surface area contributed by atoms with E-state index in [1.165, 1.54) is 0 Å². The maximum Gasteiger partial charge on any atom is 0.306 e. The normalized spacial score (nSPS) is 33.1. The Balaban J connectivity index is 2.50. The summed E-state index contributed by atoms with van der Waals surface area (Å²) in [6.07, 6.45) is 1.32. The van der Waals surface area contributed by atoms with Crippen molar-refractivity contribution in [2.75, 3.05) is 0 Å². The van der Waals surface area contributed by atoms with Crippen molar-refractivity contribution in [3.8, 4) is 0 Å². The number of cyclic esters (lactones) is 1. The Morgan fingerprint density at radius 1 is 1.70 bits per heavy atom. The van der Waals surface area contributed by atoms with Crippen LogP contribution in [0.3, 0.4) is 0 Å². The van der Waals surface area contributed by atoms with E-state index < -0.39 is 6.10 Å². The summed E-state index contributed by atoms with van der Waals surface area (Å²) in [6, 6.07) is 0. The SMILES string of the molecule is CC1CC(=O)OC(C=O)C1. The van der Waals surface area contributed by atoms with Crippen LogP contribution >= 0.6 is 0 Å². The number of hydrogen-bond acceptors (Lipinski definition) is 3. The van der Waals surface area contributed by atoms with Crippen molar-refractivity contribution < 1.29 is 14.3 Å². The first-order chi connectivity index (χ1) is 4.72. The first kappa shape index (κ1) is 7.25. The first-order valence-corrected chi connectivity index (χ1v) is 3.37. The highest BCUT2D eigenvalue weighted by Gasteiger charge is 2.24. The monoisotopic (exact) mass is 142 g/mol. The fraction of sp³-hybridized carbons (Fsp3) is 0.714. The molecular weight excluding hydrogens is 132 g/mol. The molecule has 3 heteroatoms. The molecule has 1 aliphatic heterocycles. The topological polar surface area (TPSA) is 43.4 Å². The Kier molecular flexibility index (Phi) is 2.04. The predicted molar refractivity (Wildman–Crippen MR) is 34.3 cm³/mol. The molecule has 0 aromatic heterocycles. The largest absolute Gasteiger partial charge is 0.455 e. The highest BCUT2D eigenvalue weighted by atomic mass is 16.5. The van der Waals surface area contributed by atoms with E-state index in [0.717, 1.165) is 0 Å². The molecule has 0 aliphatic carbocycles. The maximum atomic E-state index is 10.7. The molecule has 0 N–H and O–H groups in total. The minimum absolute atomic E-state index is 0.254. The lowest BCUT2D eigenvalue weighted by Crippen LogP contribution is -2.29. The lowest BCUT2D eigenvalue weighted by molar-refractivity contribution is -0.158. The number of rotatable bonds is 1. The van der Waals surface area contributed by atoms with Gasteiger partial charge in [0.1, 0.15) is 0 Å². The summed E-state index contributed by atoms with van der Waals surface area (Å²) < 4.78 is 4.70. The third-order valence-corrected chi connectivity index (χ3v) is 1.58. The molecular formula is C7H10O3.